The van der Waals surface area contributed by atoms with Gasteiger partial charge in [0, 0.05) is 18.3 Å². The molecule has 1 atom stereocenters. The average Bonchev–Trinajstić information content (AvgIpc) is 2.62. The van der Waals surface area contributed by atoms with Crippen LogP contribution in [-0.2, 0) is 16.1 Å². The third-order valence-electron chi connectivity index (χ3n) is 4.57. The van der Waals surface area contributed by atoms with Gasteiger partial charge in [0.2, 0.25) is 5.88 Å². The quantitative estimate of drug-likeness (QED) is 0.787. The Morgan fingerprint density at radius 2 is 2.00 bits per heavy atom. The lowest BCUT2D eigenvalue weighted by Crippen LogP contribution is -2.34. The van der Waals surface area contributed by atoms with Gasteiger partial charge in [-0.05, 0) is 31.5 Å². The van der Waals surface area contributed by atoms with Crippen molar-refractivity contribution < 1.29 is 14.3 Å². The van der Waals surface area contributed by atoms with Crippen LogP contribution in [0.2, 0.25) is 10.0 Å². The number of carbonyl (C=O) groups excluding carboxylic acids is 1. The van der Waals surface area contributed by atoms with Gasteiger partial charge in [0.25, 0.3) is 5.56 Å². The predicted molar refractivity (Wildman–Crippen MR) is 103 cm³/mol. The molecule has 2 aromatic rings. The Morgan fingerprint density at radius 3 is 2.59 bits per heavy atom. The molecule has 0 spiro atoms. The number of benzene rings is 1. The van der Waals surface area contributed by atoms with Crippen LogP contribution >= 0.6 is 23.2 Å². The standard InChI is InChI=1S/C19H18Cl2N2O4/c1-4-23-9(2)7-13-15(18(23)24)14(10-5-6-11(20)12(21)8-10)16(17(22)27-13)19(25)26-3/h5-8,14H,4,22H2,1-3H3. The summed E-state index contributed by atoms with van der Waals surface area (Å²) in [6.45, 7) is 4.14. The van der Waals surface area contributed by atoms with Crippen molar-refractivity contribution in [3.05, 3.63) is 72.9 Å². The molecule has 0 bridgehead atoms. The number of rotatable bonds is 3. The van der Waals surface area contributed by atoms with Gasteiger partial charge in [-0.2, -0.15) is 0 Å². The molecule has 8 heteroatoms. The van der Waals surface area contributed by atoms with Crippen molar-refractivity contribution in [2.45, 2.75) is 26.3 Å². The Hall–Kier alpha value is -2.44. The second kappa shape index (κ2) is 7.29. The van der Waals surface area contributed by atoms with Gasteiger partial charge in [0.15, 0.2) is 0 Å². The van der Waals surface area contributed by atoms with E-state index < -0.39 is 11.9 Å². The van der Waals surface area contributed by atoms with Crippen molar-refractivity contribution >= 4 is 29.2 Å². The number of nitrogens with zero attached hydrogens (tertiary/aromatic N) is 1. The van der Waals surface area contributed by atoms with Crippen LogP contribution in [0.25, 0.3) is 0 Å². The van der Waals surface area contributed by atoms with Crippen LogP contribution in [0.5, 0.6) is 5.75 Å². The number of aromatic nitrogens is 1. The highest BCUT2D eigenvalue weighted by atomic mass is 35.5. The number of methoxy groups -OCH3 is 1. The van der Waals surface area contributed by atoms with Gasteiger partial charge in [-0.15, -0.1) is 0 Å². The number of nitrogens with two attached hydrogens (primary N) is 1. The number of aryl methyl sites for hydroxylation is 1. The van der Waals surface area contributed by atoms with Gasteiger partial charge in [-0.3, -0.25) is 4.79 Å². The Labute approximate surface area is 166 Å². The van der Waals surface area contributed by atoms with Crippen LogP contribution < -0.4 is 16.0 Å². The van der Waals surface area contributed by atoms with Crippen molar-refractivity contribution in [3.8, 4) is 5.75 Å². The lowest BCUT2D eigenvalue weighted by Gasteiger charge is -2.29. The molecule has 0 aliphatic carbocycles. The number of fused-ring (bicyclic) bond motifs is 1. The average molecular weight is 409 g/mol. The second-order valence-electron chi connectivity index (χ2n) is 6.09. The highest BCUT2D eigenvalue weighted by Crippen LogP contribution is 2.42. The van der Waals surface area contributed by atoms with Crippen LogP contribution in [0, 0.1) is 6.92 Å². The van der Waals surface area contributed by atoms with E-state index in [1.54, 1.807) is 35.8 Å². The first-order chi connectivity index (χ1) is 12.8. The molecule has 2 N–H and O–H groups in total. The molecule has 0 fully saturated rings. The summed E-state index contributed by atoms with van der Waals surface area (Å²) in [5.41, 5.74) is 7.42. The monoisotopic (exact) mass is 408 g/mol. The summed E-state index contributed by atoms with van der Waals surface area (Å²) >= 11 is 12.2. The molecule has 0 radical (unpaired) electrons. The maximum Gasteiger partial charge on any atom is 0.340 e. The van der Waals surface area contributed by atoms with Crippen molar-refractivity contribution in [2.75, 3.05) is 7.11 Å². The molecular weight excluding hydrogens is 391 g/mol. The zero-order valence-corrected chi connectivity index (χ0v) is 16.5. The summed E-state index contributed by atoms with van der Waals surface area (Å²) in [6, 6.07) is 6.63. The third-order valence-corrected chi connectivity index (χ3v) is 5.31. The molecule has 1 aromatic carbocycles. The summed E-state index contributed by atoms with van der Waals surface area (Å²) in [5.74, 6) is -1.28. The maximum absolute atomic E-state index is 13.2. The number of esters is 1. The normalized spacial score (nSPS) is 16.0. The summed E-state index contributed by atoms with van der Waals surface area (Å²) in [4.78, 5) is 25.6. The molecule has 0 saturated carbocycles. The molecule has 1 aromatic heterocycles. The molecule has 1 aliphatic rings. The van der Waals surface area contributed by atoms with Gasteiger partial charge < -0.3 is 19.8 Å². The van der Waals surface area contributed by atoms with Crippen LogP contribution in [0.15, 0.2) is 40.5 Å². The molecule has 3 rings (SSSR count). The molecule has 0 amide bonds. The molecule has 1 unspecified atom stereocenters. The van der Waals surface area contributed by atoms with Crippen molar-refractivity contribution in [2.24, 2.45) is 5.73 Å². The Bertz CT molecular complexity index is 1030. The summed E-state index contributed by atoms with van der Waals surface area (Å²) < 4.78 is 12.1. The molecule has 2 heterocycles. The van der Waals surface area contributed by atoms with Crippen molar-refractivity contribution in [3.63, 3.8) is 0 Å². The first-order valence-electron chi connectivity index (χ1n) is 8.25. The van der Waals surface area contributed by atoms with Gasteiger partial charge in [0.05, 0.1) is 28.6 Å². The Morgan fingerprint density at radius 1 is 1.30 bits per heavy atom. The molecule has 142 valence electrons. The lowest BCUT2D eigenvalue weighted by atomic mass is 9.83. The molecule has 1 aliphatic heterocycles. The molecule has 0 saturated heterocycles. The maximum atomic E-state index is 13.2. The Balaban J connectivity index is 2.37. The van der Waals surface area contributed by atoms with Gasteiger partial charge in [-0.25, -0.2) is 4.79 Å². The summed E-state index contributed by atoms with van der Waals surface area (Å²) in [6.07, 6.45) is 0. The summed E-state index contributed by atoms with van der Waals surface area (Å²) in [5, 5.41) is 0.659. The van der Waals surface area contributed by atoms with Crippen LogP contribution in [0.1, 0.15) is 29.7 Å². The van der Waals surface area contributed by atoms with Crippen LogP contribution in [0.4, 0.5) is 0 Å². The smallest absolute Gasteiger partial charge is 0.340 e. The minimum absolute atomic E-state index is 0.0481. The van der Waals surface area contributed by atoms with E-state index in [1.807, 2.05) is 6.92 Å². The van der Waals surface area contributed by atoms with E-state index in [9.17, 15) is 9.59 Å². The number of hydrogen-bond acceptors (Lipinski definition) is 5. The summed E-state index contributed by atoms with van der Waals surface area (Å²) in [7, 11) is 1.24. The van der Waals surface area contributed by atoms with E-state index in [4.69, 9.17) is 38.4 Å². The van der Waals surface area contributed by atoms with Gasteiger partial charge in [-0.1, -0.05) is 29.3 Å². The van der Waals surface area contributed by atoms with Crippen molar-refractivity contribution in [1.82, 2.24) is 4.57 Å². The minimum atomic E-state index is -0.790. The number of halogens is 2. The number of hydrogen-bond donors (Lipinski definition) is 1. The fourth-order valence-electron chi connectivity index (χ4n) is 3.31. The van der Waals surface area contributed by atoms with Gasteiger partial charge in [0.1, 0.15) is 11.3 Å². The Kier molecular flexibility index (Phi) is 5.22. The highest BCUT2D eigenvalue weighted by molar-refractivity contribution is 6.42. The van der Waals surface area contributed by atoms with E-state index in [1.165, 1.54) is 7.11 Å². The first kappa shape index (κ1) is 19.3. The van der Waals surface area contributed by atoms with E-state index >= 15 is 0 Å². The van der Waals surface area contributed by atoms with E-state index in [-0.39, 0.29) is 17.0 Å². The SMILES string of the molecule is CCn1c(C)cc2c(c1=O)C(c1ccc(Cl)c(Cl)c1)C(C(=O)OC)=C(N)O2. The van der Waals surface area contributed by atoms with E-state index in [0.29, 0.717) is 33.5 Å². The predicted octanol–water partition coefficient (Wildman–Crippen LogP) is 3.35. The highest BCUT2D eigenvalue weighted by Gasteiger charge is 2.38. The zero-order valence-electron chi connectivity index (χ0n) is 15.0. The topological polar surface area (TPSA) is 83.5 Å². The minimum Gasteiger partial charge on any atom is -0.465 e. The molecule has 27 heavy (non-hydrogen) atoms. The molecular formula is C19H18Cl2N2O4. The first-order valence-corrected chi connectivity index (χ1v) is 9.00. The zero-order chi connectivity index (χ0) is 19.9. The van der Waals surface area contributed by atoms with E-state index in [0.717, 1.165) is 5.69 Å². The third kappa shape index (κ3) is 3.19. The van der Waals surface area contributed by atoms with Crippen LogP contribution in [0.3, 0.4) is 0 Å². The van der Waals surface area contributed by atoms with Crippen molar-refractivity contribution in [1.29, 1.82) is 0 Å². The van der Waals surface area contributed by atoms with E-state index in [2.05, 4.69) is 0 Å². The second-order valence-corrected chi connectivity index (χ2v) is 6.91. The molecule has 6 nitrogen and oxygen atoms in total. The fourth-order valence-corrected chi connectivity index (χ4v) is 3.62. The van der Waals surface area contributed by atoms with Crippen LogP contribution in [-0.4, -0.2) is 17.6 Å². The fraction of sp³-hybridized carbons (Fsp3) is 0.263. The number of ether oxygens (including phenoxy) is 2. The largest absolute Gasteiger partial charge is 0.465 e. The van der Waals surface area contributed by atoms with Gasteiger partial charge >= 0.3 is 5.97 Å². The lowest BCUT2D eigenvalue weighted by molar-refractivity contribution is -0.136. The number of pyridine rings is 1. The number of carbonyl (C=O) groups is 1.